The van der Waals surface area contributed by atoms with Crippen LogP contribution in [0.25, 0.3) is 0 Å². The molecule has 0 radical (unpaired) electrons. The Morgan fingerprint density at radius 2 is 2.18 bits per heavy atom. The standard InChI is InChI=1S/C13H17N3O/c1-10-4-5-11(9-14)12(8-10)15-7-6-13(17)16(2)3/h4-5,8,15H,6-7H2,1-3H3. The Morgan fingerprint density at radius 1 is 1.47 bits per heavy atom. The zero-order chi connectivity index (χ0) is 12.8. The third-order valence-electron chi connectivity index (χ3n) is 2.45. The van der Waals surface area contributed by atoms with E-state index in [0.717, 1.165) is 11.3 Å². The van der Waals surface area contributed by atoms with Crippen molar-refractivity contribution in [2.75, 3.05) is 26.0 Å². The molecule has 0 aliphatic heterocycles. The number of benzene rings is 1. The summed E-state index contributed by atoms with van der Waals surface area (Å²) in [6.07, 6.45) is 0.422. The van der Waals surface area contributed by atoms with Crippen molar-refractivity contribution in [3.63, 3.8) is 0 Å². The molecule has 1 aromatic carbocycles. The quantitative estimate of drug-likeness (QED) is 0.859. The fraction of sp³-hybridized carbons (Fsp3) is 0.385. The fourth-order valence-electron chi connectivity index (χ4n) is 1.43. The molecule has 4 heteroatoms. The summed E-state index contributed by atoms with van der Waals surface area (Å²) in [5, 5.41) is 12.1. The summed E-state index contributed by atoms with van der Waals surface area (Å²) in [6.45, 7) is 2.51. The first-order valence-electron chi connectivity index (χ1n) is 5.49. The molecular formula is C13H17N3O. The summed E-state index contributed by atoms with van der Waals surface area (Å²) in [5.74, 6) is 0.0728. The van der Waals surface area contributed by atoms with Gasteiger partial charge in [0.2, 0.25) is 5.91 Å². The molecule has 1 rings (SSSR count). The zero-order valence-corrected chi connectivity index (χ0v) is 10.4. The minimum atomic E-state index is 0.0728. The van der Waals surface area contributed by atoms with Crippen LogP contribution in [0.5, 0.6) is 0 Å². The van der Waals surface area contributed by atoms with Gasteiger partial charge in [-0.2, -0.15) is 5.26 Å². The lowest BCUT2D eigenvalue weighted by Gasteiger charge is -2.12. The van der Waals surface area contributed by atoms with Gasteiger partial charge in [-0.25, -0.2) is 0 Å². The smallest absolute Gasteiger partial charge is 0.223 e. The van der Waals surface area contributed by atoms with Gasteiger partial charge < -0.3 is 10.2 Å². The van der Waals surface area contributed by atoms with Crippen LogP contribution in [-0.4, -0.2) is 31.4 Å². The van der Waals surface area contributed by atoms with Crippen molar-refractivity contribution in [2.24, 2.45) is 0 Å². The molecule has 0 aromatic heterocycles. The lowest BCUT2D eigenvalue weighted by molar-refractivity contribution is -0.128. The second-order valence-corrected chi connectivity index (χ2v) is 4.13. The maximum absolute atomic E-state index is 11.4. The molecule has 0 aliphatic carbocycles. The number of rotatable bonds is 4. The summed E-state index contributed by atoms with van der Waals surface area (Å²) in [6, 6.07) is 7.72. The van der Waals surface area contributed by atoms with Crippen molar-refractivity contribution in [1.29, 1.82) is 5.26 Å². The van der Waals surface area contributed by atoms with Crippen molar-refractivity contribution < 1.29 is 4.79 Å². The minimum Gasteiger partial charge on any atom is -0.383 e. The third kappa shape index (κ3) is 3.80. The number of hydrogen-bond donors (Lipinski definition) is 1. The highest BCUT2D eigenvalue weighted by molar-refractivity contribution is 5.76. The van der Waals surface area contributed by atoms with E-state index in [1.165, 1.54) is 0 Å². The molecule has 1 amide bonds. The molecule has 17 heavy (non-hydrogen) atoms. The molecule has 0 saturated carbocycles. The Hall–Kier alpha value is -2.02. The molecule has 0 fully saturated rings. The van der Waals surface area contributed by atoms with Gasteiger partial charge in [-0.3, -0.25) is 4.79 Å². The van der Waals surface area contributed by atoms with Crippen molar-refractivity contribution in [1.82, 2.24) is 4.90 Å². The molecule has 1 N–H and O–H groups in total. The normalized spacial score (nSPS) is 9.53. The number of anilines is 1. The molecule has 0 bridgehead atoms. The van der Waals surface area contributed by atoms with E-state index in [2.05, 4.69) is 11.4 Å². The molecule has 0 heterocycles. The van der Waals surface area contributed by atoms with Gasteiger partial charge in [-0.1, -0.05) is 6.07 Å². The number of hydrogen-bond acceptors (Lipinski definition) is 3. The second kappa shape index (κ2) is 5.90. The average Bonchev–Trinajstić information content (AvgIpc) is 2.29. The first-order chi connectivity index (χ1) is 8.04. The van der Waals surface area contributed by atoms with Crippen LogP contribution < -0.4 is 5.32 Å². The van der Waals surface area contributed by atoms with Crippen LogP contribution in [0.1, 0.15) is 17.5 Å². The van der Waals surface area contributed by atoms with Gasteiger partial charge >= 0.3 is 0 Å². The predicted molar refractivity (Wildman–Crippen MR) is 67.7 cm³/mol. The van der Waals surface area contributed by atoms with E-state index in [-0.39, 0.29) is 5.91 Å². The molecule has 90 valence electrons. The highest BCUT2D eigenvalue weighted by Gasteiger charge is 2.05. The minimum absolute atomic E-state index is 0.0728. The molecule has 1 aromatic rings. The van der Waals surface area contributed by atoms with Crippen LogP contribution in [-0.2, 0) is 4.79 Å². The Bertz CT molecular complexity index is 446. The number of nitrogens with one attached hydrogen (secondary N) is 1. The van der Waals surface area contributed by atoms with E-state index < -0.39 is 0 Å². The third-order valence-corrected chi connectivity index (χ3v) is 2.45. The van der Waals surface area contributed by atoms with Crippen LogP contribution >= 0.6 is 0 Å². The van der Waals surface area contributed by atoms with Crippen LogP contribution in [0.4, 0.5) is 5.69 Å². The van der Waals surface area contributed by atoms with Gasteiger partial charge in [0.1, 0.15) is 6.07 Å². The van der Waals surface area contributed by atoms with Crippen molar-refractivity contribution in [3.05, 3.63) is 29.3 Å². The first kappa shape index (κ1) is 13.0. The topological polar surface area (TPSA) is 56.1 Å². The van der Waals surface area contributed by atoms with Crippen LogP contribution in [0.2, 0.25) is 0 Å². The summed E-state index contributed by atoms with van der Waals surface area (Å²) < 4.78 is 0. The number of amides is 1. The molecule has 0 aliphatic rings. The van der Waals surface area contributed by atoms with Gasteiger partial charge in [-0.05, 0) is 24.6 Å². The van der Waals surface area contributed by atoms with E-state index in [9.17, 15) is 4.79 Å². The molecule has 0 saturated heterocycles. The van der Waals surface area contributed by atoms with Crippen LogP contribution in [0, 0.1) is 18.3 Å². The van der Waals surface area contributed by atoms with E-state index in [4.69, 9.17) is 5.26 Å². The maximum Gasteiger partial charge on any atom is 0.223 e. The Morgan fingerprint density at radius 3 is 2.76 bits per heavy atom. The van der Waals surface area contributed by atoms with Gasteiger partial charge in [-0.15, -0.1) is 0 Å². The molecule has 0 spiro atoms. The number of aryl methyl sites for hydroxylation is 1. The summed E-state index contributed by atoms with van der Waals surface area (Å²) >= 11 is 0. The lowest BCUT2D eigenvalue weighted by Crippen LogP contribution is -2.24. The Kier molecular flexibility index (Phi) is 4.53. The fourth-order valence-corrected chi connectivity index (χ4v) is 1.43. The van der Waals surface area contributed by atoms with E-state index in [1.54, 1.807) is 25.1 Å². The van der Waals surface area contributed by atoms with Crippen molar-refractivity contribution >= 4 is 11.6 Å². The zero-order valence-electron chi connectivity index (χ0n) is 10.4. The van der Waals surface area contributed by atoms with Gasteiger partial charge in [0.15, 0.2) is 0 Å². The maximum atomic E-state index is 11.4. The second-order valence-electron chi connectivity index (χ2n) is 4.13. The van der Waals surface area contributed by atoms with Gasteiger partial charge in [0.25, 0.3) is 0 Å². The number of nitrogens with zero attached hydrogens (tertiary/aromatic N) is 2. The molecule has 0 unspecified atom stereocenters. The number of nitriles is 1. The molecule has 4 nitrogen and oxygen atoms in total. The van der Waals surface area contributed by atoms with Crippen LogP contribution in [0.15, 0.2) is 18.2 Å². The lowest BCUT2D eigenvalue weighted by atomic mass is 10.1. The van der Waals surface area contributed by atoms with E-state index >= 15 is 0 Å². The van der Waals surface area contributed by atoms with Gasteiger partial charge in [0, 0.05) is 27.1 Å². The summed E-state index contributed by atoms with van der Waals surface area (Å²) in [7, 11) is 3.46. The van der Waals surface area contributed by atoms with E-state index in [0.29, 0.717) is 18.5 Å². The van der Waals surface area contributed by atoms with E-state index in [1.807, 2.05) is 19.1 Å². The summed E-state index contributed by atoms with van der Waals surface area (Å²) in [4.78, 5) is 12.9. The van der Waals surface area contributed by atoms with Crippen LogP contribution in [0.3, 0.4) is 0 Å². The Labute approximate surface area is 102 Å². The predicted octanol–water partition coefficient (Wildman–Crippen LogP) is 1.76. The monoisotopic (exact) mass is 231 g/mol. The summed E-state index contributed by atoms with van der Waals surface area (Å²) in [5.41, 5.74) is 2.48. The van der Waals surface area contributed by atoms with Crippen molar-refractivity contribution in [2.45, 2.75) is 13.3 Å². The van der Waals surface area contributed by atoms with Gasteiger partial charge in [0.05, 0.1) is 11.3 Å². The highest BCUT2D eigenvalue weighted by Crippen LogP contribution is 2.16. The Balaban J connectivity index is 2.60. The average molecular weight is 231 g/mol. The largest absolute Gasteiger partial charge is 0.383 e. The number of carbonyl (C=O) groups excluding carboxylic acids is 1. The van der Waals surface area contributed by atoms with Crippen molar-refractivity contribution in [3.8, 4) is 6.07 Å². The molecule has 0 atom stereocenters. The SMILES string of the molecule is Cc1ccc(C#N)c(NCCC(=O)N(C)C)c1. The molecular weight excluding hydrogens is 214 g/mol. The highest BCUT2D eigenvalue weighted by atomic mass is 16.2. The number of carbonyl (C=O) groups is 1. The first-order valence-corrected chi connectivity index (χ1v) is 5.49.